The van der Waals surface area contributed by atoms with Crippen molar-refractivity contribution in [2.24, 2.45) is 0 Å². The number of benzene rings is 3. The summed E-state index contributed by atoms with van der Waals surface area (Å²) in [6, 6.07) is 27.2. The van der Waals surface area contributed by atoms with Crippen molar-refractivity contribution in [1.82, 2.24) is 5.32 Å². The van der Waals surface area contributed by atoms with Gasteiger partial charge in [0, 0.05) is 11.3 Å². The molecule has 0 aliphatic heterocycles. The van der Waals surface area contributed by atoms with Crippen molar-refractivity contribution in [2.45, 2.75) is 17.2 Å². The van der Waals surface area contributed by atoms with Crippen LogP contribution in [0.25, 0.3) is 0 Å². The summed E-state index contributed by atoms with van der Waals surface area (Å²) in [4.78, 5) is 13.0. The van der Waals surface area contributed by atoms with Crippen LogP contribution in [0.4, 0.5) is 5.69 Å². The number of nitrogens with one attached hydrogen (secondary N) is 2. The van der Waals surface area contributed by atoms with Crippen LogP contribution in [0.1, 0.15) is 33.1 Å². The van der Waals surface area contributed by atoms with Gasteiger partial charge in [-0.3, -0.25) is 9.52 Å². The van der Waals surface area contributed by atoms with E-state index in [4.69, 9.17) is 0 Å². The molecule has 1 heterocycles. The zero-order valence-corrected chi connectivity index (χ0v) is 19.0. The van der Waals surface area contributed by atoms with Crippen LogP contribution in [0.5, 0.6) is 0 Å². The Kier molecular flexibility index (Phi) is 6.39. The van der Waals surface area contributed by atoms with E-state index >= 15 is 0 Å². The highest BCUT2D eigenvalue weighted by atomic mass is 32.2. The molecule has 1 unspecified atom stereocenters. The number of anilines is 1. The summed E-state index contributed by atoms with van der Waals surface area (Å²) in [6.07, 6.45) is 0. The summed E-state index contributed by atoms with van der Waals surface area (Å²) in [5.41, 5.74) is 3.94. The lowest BCUT2D eigenvalue weighted by molar-refractivity contribution is 0.0943. The smallest absolute Gasteiger partial charge is 0.271 e. The van der Waals surface area contributed by atoms with Gasteiger partial charge < -0.3 is 5.32 Å². The van der Waals surface area contributed by atoms with Gasteiger partial charge in [0.2, 0.25) is 0 Å². The minimum Gasteiger partial charge on any atom is -0.341 e. The van der Waals surface area contributed by atoms with Crippen LogP contribution in [0.3, 0.4) is 0 Å². The standard InChI is InChI=1S/C25H22N2O3S2/c1-18-9-11-20(12-10-18)24(19-6-3-2-4-7-19)26-25(28)21-13-15-22(16-14-21)27-32(29,30)23-8-5-17-31-23/h2-17,24,27H,1H3,(H,26,28). The van der Waals surface area contributed by atoms with Gasteiger partial charge in [0.1, 0.15) is 4.21 Å². The summed E-state index contributed by atoms with van der Waals surface area (Å²) in [7, 11) is -3.63. The SMILES string of the molecule is Cc1ccc(C(NC(=O)c2ccc(NS(=O)(=O)c3cccs3)cc2)c2ccccc2)cc1. The van der Waals surface area contributed by atoms with Crippen molar-refractivity contribution in [1.29, 1.82) is 0 Å². The number of carbonyl (C=O) groups is 1. The average Bonchev–Trinajstić information content (AvgIpc) is 3.35. The van der Waals surface area contributed by atoms with Crippen LogP contribution in [0, 0.1) is 6.92 Å². The van der Waals surface area contributed by atoms with Crippen molar-refractivity contribution in [3.8, 4) is 0 Å². The van der Waals surface area contributed by atoms with Crippen molar-refractivity contribution >= 4 is 33.0 Å². The molecule has 0 saturated carbocycles. The lowest BCUT2D eigenvalue weighted by Crippen LogP contribution is -2.29. The molecule has 0 spiro atoms. The first-order valence-corrected chi connectivity index (χ1v) is 12.4. The van der Waals surface area contributed by atoms with Gasteiger partial charge in [0.25, 0.3) is 15.9 Å². The van der Waals surface area contributed by atoms with E-state index in [0.29, 0.717) is 11.3 Å². The van der Waals surface area contributed by atoms with Crippen LogP contribution in [-0.4, -0.2) is 14.3 Å². The highest BCUT2D eigenvalue weighted by molar-refractivity contribution is 7.94. The first-order valence-electron chi connectivity index (χ1n) is 10.0. The molecule has 0 saturated heterocycles. The highest BCUT2D eigenvalue weighted by Crippen LogP contribution is 2.24. The fraction of sp³-hybridized carbons (Fsp3) is 0.0800. The predicted octanol–water partition coefficient (Wildman–Crippen LogP) is 5.38. The molecule has 4 aromatic rings. The second-order valence-electron chi connectivity index (χ2n) is 7.34. The largest absolute Gasteiger partial charge is 0.341 e. The predicted molar refractivity (Wildman–Crippen MR) is 128 cm³/mol. The number of carbonyl (C=O) groups excluding carboxylic acids is 1. The fourth-order valence-corrected chi connectivity index (χ4v) is 5.34. The van der Waals surface area contributed by atoms with Crippen molar-refractivity contribution in [3.05, 3.63) is 119 Å². The van der Waals surface area contributed by atoms with Crippen LogP contribution >= 0.6 is 11.3 Å². The van der Waals surface area contributed by atoms with E-state index in [1.807, 2.05) is 61.5 Å². The van der Waals surface area contributed by atoms with Gasteiger partial charge in [-0.2, -0.15) is 0 Å². The number of amides is 1. The molecule has 7 heteroatoms. The topological polar surface area (TPSA) is 75.3 Å². The zero-order chi connectivity index (χ0) is 22.6. The quantitative estimate of drug-likeness (QED) is 0.387. The molecule has 5 nitrogen and oxygen atoms in total. The Bertz CT molecular complexity index is 1280. The Hall–Kier alpha value is -3.42. The Morgan fingerprint density at radius 1 is 0.812 bits per heavy atom. The summed E-state index contributed by atoms with van der Waals surface area (Å²) in [6.45, 7) is 2.02. The average molecular weight is 463 g/mol. The van der Waals surface area contributed by atoms with Crippen LogP contribution in [0.15, 0.2) is 101 Å². The van der Waals surface area contributed by atoms with Gasteiger partial charge in [-0.25, -0.2) is 8.42 Å². The molecule has 2 N–H and O–H groups in total. The lowest BCUT2D eigenvalue weighted by atomic mass is 9.97. The van der Waals surface area contributed by atoms with E-state index < -0.39 is 10.0 Å². The monoisotopic (exact) mass is 462 g/mol. The zero-order valence-electron chi connectivity index (χ0n) is 17.4. The Balaban J connectivity index is 1.53. The molecule has 0 aliphatic rings. The third kappa shape index (κ3) is 5.07. The number of sulfonamides is 1. The molecule has 3 aromatic carbocycles. The molecule has 4 rings (SSSR count). The van der Waals surface area contributed by atoms with Gasteiger partial charge >= 0.3 is 0 Å². The number of hydrogen-bond donors (Lipinski definition) is 2. The van der Waals surface area contributed by atoms with E-state index in [-0.39, 0.29) is 16.2 Å². The Morgan fingerprint density at radius 3 is 2.09 bits per heavy atom. The van der Waals surface area contributed by atoms with E-state index in [1.165, 1.54) is 0 Å². The van der Waals surface area contributed by atoms with E-state index in [1.54, 1.807) is 41.8 Å². The maximum atomic E-state index is 13.0. The number of aryl methyl sites for hydroxylation is 1. The second-order valence-corrected chi connectivity index (χ2v) is 10.2. The molecule has 1 atom stereocenters. The van der Waals surface area contributed by atoms with Gasteiger partial charge in [0.05, 0.1) is 6.04 Å². The van der Waals surface area contributed by atoms with Gasteiger partial charge in [0.15, 0.2) is 0 Å². The maximum Gasteiger partial charge on any atom is 0.271 e. The summed E-state index contributed by atoms with van der Waals surface area (Å²) >= 11 is 1.15. The normalized spacial score (nSPS) is 12.2. The summed E-state index contributed by atoms with van der Waals surface area (Å²) in [5, 5.41) is 4.81. The molecule has 0 radical (unpaired) electrons. The molecule has 0 aliphatic carbocycles. The maximum absolute atomic E-state index is 13.0. The van der Waals surface area contributed by atoms with E-state index in [0.717, 1.165) is 28.0 Å². The third-order valence-electron chi connectivity index (χ3n) is 4.98. The molecule has 1 amide bonds. The first kappa shape index (κ1) is 21.8. The van der Waals surface area contributed by atoms with Gasteiger partial charge in [-0.15, -0.1) is 11.3 Å². The third-order valence-corrected chi connectivity index (χ3v) is 7.76. The number of thiophene rings is 1. The molecule has 0 bridgehead atoms. The Labute approximate surface area is 191 Å². The number of rotatable bonds is 7. The minimum absolute atomic E-state index is 0.239. The Morgan fingerprint density at radius 2 is 1.47 bits per heavy atom. The van der Waals surface area contributed by atoms with Crippen LogP contribution in [0.2, 0.25) is 0 Å². The van der Waals surface area contributed by atoms with Crippen molar-refractivity contribution in [2.75, 3.05) is 4.72 Å². The molecular formula is C25H22N2O3S2. The van der Waals surface area contributed by atoms with Crippen molar-refractivity contribution < 1.29 is 13.2 Å². The lowest BCUT2D eigenvalue weighted by Gasteiger charge is -2.20. The molecular weight excluding hydrogens is 440 g/mol. The molecule has 0 fully saturated rings. The summed E-state index contributed by atoms with van der Waals surface area (Å²) in [5.74, 6) is -0.243. The molecule has 1 aromatic heterocycles. The fourth-order valence-electron chi connectivity index (χ4n) is 3.29. The van der Waals surface area contributed by atoms with Crippen LogP contribution in [-0.2, 0) is 10.0 Å². The highest BCUT2D eigenvalue weighted by Gasteiger charge is 2.19. The second kappa shape index (κ2) is 9.38. The number of hydrogen-bond acceptors (Lipinski definition) is 4. The van der Waals surface area contributed by atoms with Gasteiger partial charge in [-0.05, 0) is 53.8 Å². The first-order chi connectivity index (χ1) is 15.4. The van der Waals surface area contributed by atoms with E-state index in [2.05, 4.69) is 10.0 Å². The van der Waals surface area contributed by atoms with E-state index in [9.17, 15) is 13.2 Å². The molecule has 162 valence electrons. The summed E-state index contributed by atoms with van der Waals surface area (Å²) < 4.78 is 27.5. The van der Waals surface area contributed by atoms with Gasteiger partial charge in [-0.1, -0.05) is 66.2 Å². The van der Waals surface area contributed by atoms with Crippen molar-refractivity contribution in [3.63, 3.8) is 0 Å². The minimum atomic E-state index is -3.63. The molecule has 32 heavy (non-hydrogen) atoms. The van der Waals surface area contributed by atoms with Crippen LogP contribution < -0.4 is 10.0 Å².